The van der Waals surface area contributed by atoms with E-state index in [0.717, 1.165) is 5.56 Å². The summed E-state index contributed by atoms with van der Waals surface area (Å²) in [5.41, 5.74) is 3.24. The fourth-order valence-electron chi connectivity index (χ4n) is 4.73. The number of carbonyl (C=O) groups is 1. The van der Waals surface area contributed by atoms with E-state index >= 15 is 0 Å². The van der Waals surface area contributed by atoms with Crippen LogP contribution < -0.4 is 19.6 Å². The number of hydrogen-bond acceptors (Lipinski definition) is 7. The van der Waals surface area contributed by atoms with Crippen LogP contribution in [0.25, 0.3) is 22.1 Å². The fraction of sp³-hybridized carbons (Fsp3) is 0.241. The van der Waals surface area contributed by atoms with Crippen LogP contribution in [0.15, 0.2) is 64.0 Å². The zero-order chi connectivity index (χ0) is 25.6. The Kier molecular flexibility index (Phi) is 5.92. The molecule has 4 aromatic rings. The molecule has 3 aromatic carbocycles. The number of fused-ring (bicyclic) bond motifs is 3. The van der Waals surface area contributed by atoms with Gasteiger partial charge in [-0.3, -0.25) is 9.59 Å². The number of ether oxygens (including phenoxy) is 3. The molecule has 1 aromatic heterocycles. The van der Waals surface area contributed by atoms with Gasteiger partial charge in [0.25, 0.3) is 0 Å². The Morgan fingerprint density at radius 3 is 2.36 bits per heavy atom. The van der Waals surface area contributed by atoms with E-state index in [1.54, 1.807) is 18.2 Å². The Labute approximate surface area is 207 Å². The highest BCUT2D eigenvalue weighted by Crippen LogP contribution is 2.46. The maximum atomic E-state index is 13.6. The molecular formula is C29H26O7. The van der Waals surface area contributed by atoms with Crippen molar-refractivity contribution in [1.29, 1.82) is 0 Å². The molecule has 36 heavy (non-hydrogen) atoms. The molecule has 1 N–H and O–H groups in total. The molecule has 7 nitrogen and oxygen atoms in total. The molecule has 1 atom stereocenters. The second-order valence-electron chi connectivity index (χ2n) is 9.11. The molecule has 0 spiro atoms. The van der Waals surface area contributed by atoms with Crippen LogP contribution in [-0.2, 0) is 4.79 Å². The third kappa shape index (κ3) is 3.86. The van der Waals surface area contributed by atoms with Crippen LogP contribution in [0.4, 0.5) is 0 Å². The second-order valence-corrected chi connectivity index (χ2v) is 9.11. The van der Waals surface area contributed by atoms with Crippen LogP contribution in [0.5, 0.6) is 23.0 Å². The number of aromatic hydroxyl groups is 1. The van der Waals surface area contributed by atoms with Gasteiger partial charge in [0.15, 0.2) is 11.5 Å². The minimum absolute atomic E-state index is 0.0304. The number of hydrogen-bond donors (Lipinski definition) is 1. The Balaban J connectivity index is 1.70. The molecule has 0 bridgehead atoms. The van der Waals surface area contributed by atoms with Gasteiger partial charge in [-0.15, -0.1) is 0 Å². The van der Waals surface area contributed by atoms with Gasteiger partial charge in [0, 0.05) is 17.5 Å². The van der Waals surface area contributed by atoms with Crippen molar-refractivity contribution in [2.24, 2.45) is 0 Å². The zero-order valence-corrected chi connectivity index (χ0v) is 20.5. The summed E-state index contributed by atoms with van der Waals surface area (Å²) < 4.78 is 22.1. The number of methoxy groups -OCH3 is 2. The first-order chi connectivity index (χ1) is 17.3. The highest BCUT2D eigenvalue weighted by Gasteiger charge is 2.33. The third-order valence-corrected chi connectivity index (χ3v) is 6.67. The van der Waals surface area contributed by atoms with E-state index in [1.807, 2.05) is 24.3 Å². The summed E-state index contributed by atoms with van der Waals surface area (Å²) in [6.45, 7) is 4.23. The smallest absolute Gasteiger partial charge is 0.312 e. The molecule has 1 aliphatic rings. The molecule has 0 saturated carbocycles. The number of esters is 1. The van der Waals surface area contributed by atoms with Crippen molar-refractivity contribution in [3.05, 3.63) is 81.7 Å². The Morgan fingerprint density at radius 2 is 1.69 bits per heavy atom. The summed E-state index contributed by atoms with van der Waals surface area (Å²) in [5.74, 6) is 0.426. The normalized spacial score (nSPS) is 15.0. The van der Waals surface area contributed by atoms with E-state index < -0.39 is 11.4 Å². The molecule has 0 saturated heterocycles. The van der Waals surface area contributed by atoms with Crippen molar-refractivity contribution in [3.8, 4) is 34.1 Å². The van der Waals surface area contributed by atoms with Crippen molar-refractivity contribution in [3.63, 3.8) is 0 Å². The summed E-state index contributed by atoms with van der Waals surface area (Å²) in [6, 6.07) is 14.4. The first kappa shape index (κ1) is 23.5. The Hall–Kier alpha value is -4.26. The van der Waals surface area contributed by atoms with Crippen molar-refractivity contribution < 1.29 is 28.5 Å². The Morgan fingerprint density at radius 1 is 0.972 bits per heavy atom. The van der Waals surface area contributed by atoms with Gasteiger partial charge < -0.3 is 23.7 Å². The molecule has 0 fully saturated rings. The summed E-state index contributed by atoms with van der Waals surface area (Å²) >= 11 is 0. The van der Waals surface area contributed by atoms with E-state index in [0.29, 0.717) is 28.5 Å². The van der Waals surface area contributed by atoms with Crippen molar-refractivity contribution >= 4 is 16.9 Å². The van der Waals surface area contributed by atoms with Gasteiger partial charge in [0.2, 0.25) is 5.43 Å². The average molecular weight is 487 g/mol. The van der Waals surface area contributed by atoms with Gasteiger partial charge in [0.05, 0.1) is 26.2 Å². The summed E-state index contributed by atoms with van der Waals surface area (Å²) in [6.07, 6.45) is 1.45. The summed E-state index contributed by atoms with van der Waals surface area (Å²) in [7, 11) is 3.04. The average Bonchev–Trinajstić information content (AvgIpc) is 2.87. The molecule has 0 aliphatic carbocycles. The third-order valence-electron chi connectivity index (χ3n) is 6.67. The standard InChI is InChI=1S/C29H26O7/c1-15(2)16-5-7-17(8-6-16)19-12-25(31)36-24-13-21(30)27-28(32)20(14-35-29(27)26(19)24)18-9-10-22(33-3)23(11-18)34-4/h5-11,13-15,19,30H,12H2,1-4H3. The molecule has 2 heterocycles. The maximum absolute atomic E-state index is 13.6. The molecule has 1 unspecified atom stereocenters. The zero-order valence-electron chi connectivity index (χ0n) is 20.5. The van der Waals surface area contributed by atoms with Crippen molar-refractivity contribution in [2.75, 3.05) is 14.2 Å². The van der Waals surface area contributed by atoms with E-state index in [2.05, 4.69) is 13.8 Å². The first-order valence-electron chi connectivity index (χ1n) is 11.7. The lowest BCUT2D eigenvalue weighted by molar-refractivity contribution is -0.135. The first-order valence-corrected chi connectivity index (χ1v) is 11.7. The molecule has 7 heteroatoms. The van der Waals surface area contributed by atoms with Crippen LogP contribution in [0.1, 0.15) is 48.8 Å². The predicted octanol–water partition coefficient (Wildman–Crippen LogP) is 5.75. The van der Waals surface area contributed by atoms with Gasteiger partial charge in [-0.05, 0) is 34.7 Å². The lowest BCUT2D eigenvalue weighted by Crippen LogP contribution is -2.22. The lowest BCUT2D eigenvalue weighted by Gasteiger charge is -2.26. The maximum Gasteiger partial charge on any atom is 0.312 e. The monoisotopic (exact) mass is 486 g/mol. The van der Waals surface area contributed by atoms with Gasteiger partial charge in [0.1, 0.15) is 28.7 Å². The fourth-order valence-corrected chi connectivity index (χ4v) is 4.73. The lowest BCUT2D eigenvalue weighted by atomic mass is 9.84. The van der Waals surface area contributed by atoms with Gasteiger partial charge in [-0.25, -0.2) is 0 Å². The molecular weight excluding hydrogens is 460 g/mol. The number of benzene rings is 3. The Bertz CT molecular complexity index is 1530. The number of phenols is 1. The van der Waals surface area contributed by atoms with E-state index in [-0.39, 0.29) is 40.4 Å². The number of carbonyl (C=O) groups excluding carboxylic acids is 1. The van der Waals surface area contributed by atoms with Gasteiger partial charge in [-0.1, -0.05) is 44.2 Å². The van der Waals surface area contributed by atoms with E-state index in [4.69, 9.17) is 18.6 Å². The van der Waals surface area contributed by atoms with E-state index in [1.165, 1.54) is 32.1 Å². The minimum atomic E-state index is -0.413. The molecule has 0 radical (unpaired) electrons. The van der Waals surface area contributed by atoms with E-state index in [9.17, 15) is 14.7 Å². The van der Waals surface area contributed by atoms with Gasteiger partial charge >= 0.3 is 5.97 Å². The predicted molar refractivity (Wildman–Crippen MR) is 135 cm³/mol. The van der Waals surface area contributed by atoms with Crippen LogP contribution in [0.3, 0.4) is 0 Å². The van der Waals surface area contributed by atoms with Crippen LogP contribution in [0.2, 0.25) is 0 Å². The minimum Gasteiger partial charge on any atom is -0.507 e. The van der Waals surface area contributed by atoms with Gasteiger partial charge in [-0.2, -0.15) is 0 Å². The van der Waals surface area contributed by atoms with Crippen LogP contribution in [-0.4, -0.2) is 25.3 Å². The second kappa shape index (κ2) is 9.07. The molecule has 184 valence electrons. The summed E-state index contributed by atoms with van der Waals surface area (Å²) in [4.78, 5) is 26.0. The van der Waals surface area contributed by atoms with Crippen molar-refractivity contribution in [1.82, 2.24) is 0 Å². The quantitative estimate of drug-likeness (QED) is 0.284. The summed E-state index contributed by atoms with van der Waals surface area (Å²) in [5, 5.41) is 10.8. The molecule has 0 amide bonds. The molecule has 5 rings (SSSR count). The molecule has 1 aliphatic heterocycles. The largest absolute Gasteiger partial charge is 0.507 e. The van der Waals surface area contributed by atoms with Crippen LogP contribution >= 0.6 is 0 Å². The highest BCUT2D eigenvalue weighted by molar-refractivity contribution is 5.94. The number of rotatable bonds is 5. The number of phenolic OH excluding ortho intramolecular Hbond substituents is 1. The SMILES string of the molecule is COc1ccc(-c2coc3c4c(cc(O)c3c2=O)OC(=O)CC4c2ccc(C(C)C)cc2)cc1OC. The highest BCUT2D eigenvalue weighted by atomic mass is 16.5. The van der Waals surface area contributed by atoms with Crippen LogP contribution in [0, 0.1) is 0 Å². The topological polar surface area (TPSA) is 95.2 Å². The van der Waals surface area contributed by atoms with Crippen molar-refractivity contribution in [2.45, 2.75) is 32.1 Å².